The number of nitrogens with one attached hydrogen (secondary N) is 1. The third-order valence-electron chi connectivity index (χ3n) is 4.49. The highest BCUT2D eigenvalue weighted by atomic mass is 35.5. The SMILES string of the molecule is Cc1nc2c3ccccc3nc(SCC(=O)Nc3cc(Cl)ccc3-n3cncn3)n2n1. The fraction of sp³-hybridized carbons (Fsp3) is 0.100. The van der Waals surface area contributed by atoms with Crippen LogP contribution in [0.2, 0.25) is 5.02 Å². The van der Waals surface area contributed by atoms with Crippen LogP contribution in [0.4, 0.5) is 5.69 Å². The van der Waals surface area contributed by atoms with Crippen molar-refractivity contribution < 1.29 is 4.79 Å². The molecule has 0 atom stereocenters. The van der Waals surface area contributed by atoms with Crippen molar-refractivity contribution in [2.45, 2.75) is 12.1 Å². The summed E-state index contributed by atoms with van der Waals surface area (Å²) in [5.74, 6) is 0.553. The molecule has 2 aromatic carbocycles. The van der Waals surface area contributed by atoms with E-state index in [2.05, 4.69) is 30.5 Å². The van der Waals surface area contributed by atoms with Crippen molar-refractivity contribution in [2.24, 2.45) is 0 Å². The van der Waals surface area contributed by atoms with Gasteiger partial charge in [-0.25, -0.2) is 19.6 Å². The Balaban J connectivity index is 1.40. The molecule has 0 unspecified atom stereocenters. The fourth-order valence-electron chi connectivity index (χ4n) is 3.18. The van der Waals surface area contributed by atoms with E-state index in [1.54, 1.807) is 33.7 Å². The fourth-order valence-corrected chi connectivity index (χ4v) is 4.10. The maximum absolute atomic E-state index is 12.7. The highest BCUT2D eigenvalue weighted by Crippen LogP contribution is 2.26. The quantitative estimate of drug-likeness (QED) is 0.322. The summed E-state index contributed by atoms with van der Waals surface area (Å²) in [7, 11) is 0. The van der Waals surface area contributed by atoms with Crippen molar-refractivity contribution >= 4 is 51.5 Å². The van der Waals surface area contributed by atoms with Crippen LogP contribution in [-0.2, 0) is 4.79 Å². The molecule has 0 aliphatic heterocycles. The molecule has 0 saturated heterocycles. The number of fused-ring (bicyclic) bond motifs is 3. The summed E-state index contributed by atoms with van der Waals surface area (Å²) >= 11 is 7.41. The molecule has 0 radical (unpaired) electrons. The molecule has 5 aromatic rings. The Morgan fingerprint density at radius 1 is 1.19 bits per heavy atom. The average Bonchev–Trinajstić information content (AvgIpc) is 3.42. The summed E-state index contributed by atoms with van der Waals surface area (Å²) in [6.45, 7) is 1.83. The van der Waals surface area contributed by atoms with Crippen LogP contribution in [0.3, 0.4) is 0 Å². The highest BCUT2D eigenvalue weighted by molar-refractivity contribution is 7.99. The van der Waals surface area contributed by atoms with E-state index in [1.165, 1.54) is 18.1 Å². The lowest BCUT2D eigenvalue weighted by Gasteiger charge is -2.11. The zero-order chi connectivity index (χ0) is 21.4. The molecule has 0 spiro atoms. The lowest BCUT2D eigenvalue weighted by molar-refractivity contribution is -0.113. The summed E-state index contributed by atoms with van der Waals surface area (Å²) in [5.41, 5.74) is 2.72. The topological polar surface area (TPSA) is 103 Å². The van der Waals surface area contributed by atoms with Crippen molar-refractivity contribution in [3.63, 3.8) is 0 Å². The Hall–Kier alpha value is -3.50. The first kappa shape index (κ1) is 19.5. The Morgan fingerprint density at radius 2 is 2.06 bits per heavy atom. The van der Waals surface area contributed by atoms with Gasteiger partial charge in [-0.05, 0) is 37.3 Å². The van der Waals surface area contributed by atoms with Gasteiger partial charge in [-0.1, -0.05) is 35.5 Å². The van der Waals surface area contributed by atoms with Crippen LogP contribution in [0.5, 0.6) is 0 Å². The number of thioether (sulfide) groups is 1. The summed E-state index contributed by atoms with van der Waals surface area (Å²) in [4.78, 5) is 25.9. The number of para-hydroxylation sites is 1. The molecule has 5 rings (SSSR count). The third-order valence-corrected chi connectivity index (χ3v) is 5.65. The molecular formula is C20H15ClN8OS. The number of amides is 1. The van der Waals surface area contributed by atoms with Crippen molar-refractivity contribution in [1.82, 2.24) is 34.3 Å². The Labute approximate surface area is 185 Å². The van der Waals surface area contributed by atoms with Gasteiger partial charge in [0.15, 0.2) is 10.8 Å². The van der Waals surface area contributed by atoms with Crippen molar-refractivity contribution in [1.29, 1.82) is 0 Å². The minimum absolute atomic E-state index is 0.128. The van der Waals surface area contributed by atoms with E-state index in [0.717, 1.165) is 10.9 Å². The summed E-state index contributed by atoms with van der Waals surface area (Å²) < 4.78 is 3.24. The first-order chi connectivity index (χ1) is 15.1. The summed E-state index contributed by atoms with van der Waals surface area (Å²) in [5, 5.41) is 13.5. The monoisotopic (exact) mass is 450 g/mol. The van der Waals surface area contributed by atoms with Gasteiger partial charge in [0, 0.05) is 10.4 Å². The Morgan fingerprint density at radius 3 is 2.90 bits per heavy atom. The molecule has 11 heteroatoms. The van der Waals surface area contributed by atoms with Crippen molar-refractivity contribution in [3.05, 3.63) is 66.0 Å². The molecule has 154 valence electrons. The van der Waals surface area contributed by atoms with Crippen LogP contribution in [0, 0.1) is 6.92 Å². The number of hydrogen-bond donors (Lipinski definition) is 1. The largest absolute Gasteiger partial charge is 0.323 e. The van der Waals surface area contributed by atoms with E-state index in [-0.39, 0.29) is 11.7 Å². The van der Waals surface area contributed by atoms with Gasteiger partial charge in [-0.2, -0.15) is 9.61 Å². The maximum atomic E-state index is 12.7. The van der Waals surface area contributed by atoms with Gasteiger partial charge in [-0.15, -0.1) is 5.10 Å². The number of anilines is 1. The molecule has 0 saturated carbocycles. The number of aromatic nitrogens is 7. The van der Waals surface area contributed by atoms with Gasteiger partial charge in [0.2, 0.25) is 5.91 Å². The Kier molecular flexibility index (Phi) is 5.00. The number of rotatable bonds is 5. The van der Waals surface area contributed by atoms with Crippen LogP contribution >= 0.6 is 23.4 Å². The molecule has 9 nitrogen and oxygen atoms in total. The van der Waals surface area contributed by atoms with E-state index in [4.69, 9.17) is 11.6 Å². The molecule has 0 fully saturated rings. The second-order valence-corrected chi connectivity index (χ2v) is 8.02. The number of nitrogens with zero attached hydrogens (tertiary/aromatic N) is 7. The molecule has 0 bridgehead atoms. The zero-order valence-electron chi connectivity index (χ0n) is 16.2. The van der Waals surface area contributed by atoms with Crippen LogP contribution in [0.25, 0.3) is 22.2 Å². The summed E-state index contributed by atoms with van der Waals surface area (Å²) in [6, 6.07) is 12.9. The molecule has 31 heavy (non-hydrogen) atoms. The average molecular weight is 451 g/mol. The van der Waals surface area contributed by atoms with E-state index in [0.29, 0.717) is 33.0 Å². The van der Waals surface area contributed by atoms with Crippen LogP contribution in [-0.4, -0.2) is 46.0 Å². The number of hydrogen-bond acceptors (Lipinski definition) is 7. The molecule has 3 heterocycles. The first-order valence-electron chi connectivity index (χ1n) is 9.28. The third kappa shape index (κ3) is 3.82. The smallest absolute Gasteiger partial charge is 0.234 e. The standard InChI is InChI=1S/C20H15ClN8OS/c1-12-24-19-14-4-2-3-5-15(14)26-20(29(19)27-12)31-9-18(30)25-16-8-13(21)6-7-17(16)28-11-22-10-23-28/h2-8,10-11H,9H2,1H3,(H,25,30). The number of carbonyl (C=O) groups excluding carboxylic acids is 1. The highest BCUT2D eigenvalue weighted by Gasteiger charge is 2.15. The van der Waals surface area contributed by atoms with Crippen LogP contribution in [0.1, 0.15) is 5.82 Å². The minimum Gasteiger partial charge on any atom is -0.323 e. The number of aryl methyl sites for hydroxylation is 1. The van der Waals surface area contributed by atoms with E-state index in [1.807, 2.05) is 31.2 Å². The van der Waals surface area contributed by atoms with Gasteiger partial charge in [0.1, 0.15) is 18.5 Å². The number of benzene rings is 2. The number of halogens is 1. The van der Waals surface area contributed by atoms with Crippen molar-refractivity contribution in [2.75, 3.05) is 11.1 Å². The molecule has 1 N–H and O–H groups in total. The molecular weight excluding hydrogens is 436 g/mol. The minimum atomic E-state index is -0.214. The maximum Gasteiger partial charge on any atom is 0.234 e. The van der Waals surface area contributed by atoms with Gasteiger partial charge < -0.3 is 5.32 Å². The van der Waals surface area contributed by atoms with Crippen LogP contribution in [0.15, 0.2) is 60.3 Å². The van der Waals surface area contributed by atoms with E-state index in [9.17, 15) is 4.79 Å². The van der Waals surface area contributed by atoms with Gasteiger partial charge >= 0.3 is 0 Å². The van der Waals surface area contributed by atoms with Gasteiger partial charge in [-0.3, -0.25) is 4.79 Å². The number of carbonyl (C=O) groups is 1. The second kappa shape index (κ2) is 7.97. The first-order valence-corrected chi connectivity index (χ1v) is 10.6. The molecule has 0 aliphatic carbocycles. The predicted octanol–water partition coefficient (Wildman–Crippen LogP) is 3.55. The Bertz CT molecular complexity index is 1420. The summed E-state index contributed by atoms with van der Waals surface area (Å²) in [6.07, 6.45) is 2.98. The van der Waals surface area contributed by atoms with Crippen molar-refractivity contribution in [3.8, 4) is 5.69 Å². The van der Waals surface area contributed by atoms with Gasteiger partial charge in [0.05, 0.1) is 22.6 Å². The second-order valence-electron chi connectivity index (χ2n) is 6.64. The molecule has 3 aromatic heterocycles. The lowest BCUT2D eigenvalue weighted by Crippen LogP contribution is -2.16. The normalized spacial score (nSPS) is 11.3. The molecule has 1 amide bonds. The van der Waals surface area contributed by atoms with Crippen LogP contribution < -0.4 is 5.32 Å². The van der Waals surface area contributed by atoms with Gasteiger partial charge in [0.25, 0.3) is 0 Å². The molecule has 0 aliphatic rings. The van der Waals surface area contributed by atoms with E-state index < -0.39 is 0 Å². The lowest BCUT2D eigenvalue weighted by atomic mass is 10.2. The zero-order valence-corrected chi connectivity index (χ0v) is 17.8. The van der Waals surface area contributed by atoms with E-state index >= 15 is 0 Å². The predicted molar refractivity (Wildman–Crippen MR) is 119 cm³/mol.